The summed E-state index contributed by atoms with van der Waals surface area (Å²) in [5.74, 6) is 0.272. The van der Waals surface area contributed by atoms with Crippen molar-refractivity contribution in [1.29, 1.82) is 0 Å². The maximum Gasteiger partial charge on any atom is 0.410 e. The molecule has 6 nitrogen and oxygen atoms in total. The van der Waals surface area contributed by atoms with Crippen molar-refractivity contribution in [2.24, 2.45) is 0 Å². The molecule has 1 aromatic carbocycles. The minimum absolute atomic E-state index is 0.0303. The predicted octanol–water partition coefficient (Wildman–Crippen LogP) is 7.65. The Bertz CT molecular complexity index is 1310. The first-order valence-electron chi connectivity index (χ1n) is 13.7. The van der Waals surface area contributed by atoms with Crippen molar-refractivity contribution >= 4 is 11.9 Å². The number of rotatable bonds is 4. The fourth-order valence-corrected chi connectivity index (χ4v) is 5.89. The van der Waals surface area contributed by atoms with E-state index in [9.17, 15) is 9.18 Å². The lowest BCUT2D eigenvalue weighted by atomic mass is 9.79. The average molecular weight is 517 g/mol. The Hall–Kier alpha value is -3.48. The number of nitrogens with zero attached hydrogens (tertiary/aromatic N) is 3. The summed E-state index contributed by atoms with van der Waals surface area (Å²) in [6, 6.07) is 11.6. The van der Waals surface area contributed by atoms with E-state index in [-0.39, 0.29) is 12.1 Å². The molecule has 0 bridgehead atoms. The first-order chi connectivity index (χ1) is 18.2. The molecule has 1 atom stereocenters. The fraction of sp³-hybridized carbons (Fsp3) is 0.452. The number of hydrogen-bond donors (Lipinski definition) is 1. The lowest BCUT2D eigenvalue weighted by Crippen LogP contribution is -2.36. The highest BCUT2D eigenvalue weighted by atomic mass is 19.1. The molecule has 2 fully saturated rings. The van der Waals surface area contributed by atoms with Crippen LogP contribution in [0.4, 0.5) is 15.0 Å². The van der Waals surface area contributed by atoms with Gasteiger partial charge in [0, 0.05) is 36.1 Å². The number of hydrogen-bond acceptors (Lipinski definition) is 5. The largest absolute Gasteiger partial charge is 0.444 e. The van der Waals surface area contributed by atoms with E-state index in [1.165, 1.54) is 55.5 Å². The summed E-state index contributed by atoms with van der Waals surface area (Å²) in [5.41, 5.74) is 11.4. The number of nitrogens with two attached hydrogens (primary N) is 1. The highest BCUT2D eigenvalue weighted by Crippen LogP contribution is 2.43. The Morgan fingerprint density at radius 1 is 0.947 bits per heavy atom. The van der Waals surface area contributed by atoms with Crippen molar-refractivity contribution in [3.63, 3.8) is 0 Å². The molecule has 0 radical (unpaired) electrons. The maximum absolute atomic E-state index is 13.8. The van der Waals surface area contributed by atoms with Gasteiger partial charge in [-0.3, -0.25) is 0 Å². The van der Waals surface area contributed by atoms with E-state index in [0.717, 1.165) is 24.0 Å². The van der Waals surface area contributed by atoms with Crippen LogP contribution < -0.4 is 5.73 Å². The van der Waals surface area contributed by atoms with Crippen molar-refractivity contribution in [2.45, 2.75) is 83.3 Å². The second-order valence-corrected chi connectivity index (χ2v) is 11.5. The lowest BCUT2D eigenvalue weighted by molar-refractivity contribution is 0.0223. The molecule has 200 valence electrons. The van der Waals surface area contributed by atoms with Crippen LogP contribution in [0.2, 0.25) is 0 Å². The van der Waals surface area contributed by atoms with Gasteiger partial charge in [-0.15, -0.1) is 0 Å². The number of carbonyl (C=O) groups is 1. The fourth-order valence-electron chi connectivity index (χ4n) is 5.89. The molecule has 3 heterocycles. The Morgan fingerprint density at radius 3 is 2.47 bits per heavy atom. The summed E-state index contributed by atoms with van der Waals surface area (Å²) in [5, 5.41) is 0. The third-order valence-corrected chi connectivity index (χ3v) is 7.66. The van der Waals surface area contributed by atoms with Crippen LogP contribution in [0.1, 0.15) is 88.8 Å². The van der Waals surface area contributed by atoms with E-state index in [0.29, 0.717) is 29.4 Å². The Balaban J connectivity index is 1.56. The molecule has 0 spiro atoms. The molecular formula is C31H37FN4O2. The number of benzene rings is 1. The molecule has 7 heteroatoms. The van der Waals surface area contributed by atoms with Crippen LogP contribution in [0, 0.1) is 5.95 Å². The lowest BCUT2D eigenvalue weighted by Gasteiger charge is -2.32. The summed E-state index contributed by atoms with van der Waals surface area (Å²) in [6.45, 7) is 6.41. The van der Waals surface area contributed by atoms with Crippen LogP contribution in [0.3, 0.4) is 0 Å². The Morgan fingerprint density at radius 2 is 1.74 bits per heavy atom. The van der Waals surface area contributed by atoms with E-state index >= 15 is 0 Å². The second-order valence-electron chi connectivity index (χ2n) is 11.5. The van der Waals surface area contributed by atoms with E-state index in [1.807, 2.05) is 31.7 Å². The molecule has 3 aromatic rings. The quantitative estimate of drug-likeness (QED) is 0.360. The zero-order valence-electron chi connectivity index (χ0n) is 22.5. The Kier molecular flexibility index (Phi) is 7.37. The van der Waals surface area contributed by atoms with Crippen LogP contribution in [0.25, 0.3) is 22.3 Å². The van der Waals surface area contributed by atoms with Gasteiger partial charge < -0.3 is 15.4 Å². The summed E-state index contributed by atoms with van der Waals surface area (Å²) in [7, 11) is 0. The highest BCUT2D eigenvalue weighted by molar-refractivity contribution is 5.79. The topological polar surface area (TPSA) is 81.3 Å². The standard InChI is InChI=1S/C31H37FN4O2/c1-31(2,3)38-30(37)36-15-7-10-27(36)26-16-21(11-12-24(26)20-8-5-4-6-9-20)23-17-25(29(33)35-19-23)22-13-14-34-28(32)18-22/h11-14,16-20,27H,4-10,15H2,1-3H3,(H2,33,35)/t27-/m0/s1. The number of carbonyl (C=O) groups excluding carboxylic acids is 1. The van der Waals surface area contributed by atoms with Crippen molar-refractivity contribution < 1.29 is 13.9 Å². The molecule has 1 amide bonds. The van der Waals surface area contributed by atoms with Crippen molar-refractivity contribution in [1.82, 2.24) is 14.9 Å². The molecule has 5 rings (SSSR count). The van der Waals surface area contributed by atoms with Gasteiger partial charge in [0.05, 0.1) is 6.04 Å². The highest BCUT2D eigenvalue weighted by Gasteiger charge is 2.35. The zero-order valence-corrected chi connectivity index (χ0v) is 22.5. The number of aromatic nitrogens is 2. The van der Waals surface area contributed by atoms with Crippen molar-refractivity contribution in [3.8, 4) is 22.3 Å². The van der Waals surface area contributed by atoms with Crippen molar-refractivity contribution in [2.75, 3.05) is 12.3 Å². The summed E-state index contributed by atoms with van der Waals surface area (Å²) in [6.07, 6.45) is 10.9. The molecule has 2 aromatic heterocycles. The second kappa shape index (κ2) is 10.7. The molecule has 2 aliphatic rings. The number of pyridine rings is 2. The molecule has 1 aliphatic heterocycles. The Labute approximate surface area is 224 Å². The zero-order chi connectivity index (χ0) is 26.9. The summed E-state index contributed by atoms with van der Waals surface area (Å²) < 4.78 is 19.6. The first kappa shape index (κ1) is 26.1. The van der Waals surface area contributed by atoms with Gasteiger partial charge in [0.2, 0.25) is 5.95 Å². The van der Waals surface area contributed by atoms with E-state index in [2.05, 4.69) is 28.2 Å². The molecule has 2 N–H and O–H groups in total. The van der Waals surface area contributed by atoms with Crippen LogP contribution in [-0.2, 0) is 4.74 Å². The van der Waals surface area contributed by atoms with Gasteiger partial charge in [0.1, 0.15) is 11.4 Å². The monoisotopic (exact) mass is 516 g/mol. The number of likely N-dealkylation sites (tertiary alicyclic amines) is 1. The average Bonchev–Trinajstić information content (AvgIpc) is 3.38. The minimum Gasteiger partial charge on any atom is -0.444 e. The number of amides is 1. The number of anilines is 1. The van der Waals surface area contributed by atoms with Crippen LogP contribution >= 0.6 is 0 Å². The maximum atomic E-state index is 13.8. The predicted molar refractivity (Wildman–Crippen MR) is 148 cm³/mol. The minimum atomic E-state index is -0.560. The van der Waals surface area contributed by atoms with Crippen LogP contribution in [-0.4, -0.2) is 33.1 Å². The van der Waals surface area contributed by atoms with Gasteiger partial charge in [-0.1, -0.05) is 31.4 Å². The number of ether oxygens (including phenoxy) is 1. The summed E-state index contributed by atoms with van der Waals surface area (Å²) >= 11 is 0. The SMILES string of the molecule is CC(C)(C)OC(=O)N1CCC[C@H]1c1cc(-c2cnc(N)c(-c3ccnc(F)c3)c2)ccc1C1CCCCC1. The molecule has 0 unspecified atom stereocenters. The van der Waals surface area contributed by atoms with Crippen molar-refractivity contribution in [3.05, 3.63) is 65.9 Å². The normalized spacial score (nSPS) is 18.5. The summed E-state index contributed by atoms with van der Waals surface area (Å²) in [4.78, 5) is 23.2. The van der Waals surface area contributed by atoms with Gasteiger partial charge in [-0.25, -0.2) is 14.8 Å². The van der Waals surface area contributed by atoms with Gasteiger partial charge >= 0.3 is 6.09 Å². The van der Waals surface area contributed by atoms with Crippen LogP contribution in [0.15, 0.2) is 48.8 Å². The molecule has 1 saturated carbocycles. The molecular weight excluding hydrogens is 479 g/mol. The van der Waals surface area contributed by atoms with Gasteiger partial charge in [0.25, 0.3) is 0 Å². The van der Waals surface area contributed by atoms with Gasteiger partial charge in [0.15, 0.2) is 0 Å². The van der Waals surface area contributed by atoms with Crippen LogP contribution in [0.5, 0.6) is 0 Å². The molecule has 38 heavy (non-hydrogen) atoms. The first-order valence-corrected chi connectivity index (χ1v) is 13.7. The third kappa shape index (κ3) is 5.66. The van der Waals surface area contributed by atoms with E-state index in [4.69, 9.17) is 10.5 Å². The molecule has 1 aliphatic carbocycles. The van der Waals surface area contributed by atoms with E-state index < -0.39 is 11.5 Å². The number of halogens is 1. The third-order valence-electron chi connectivity index (χ3n) is 7.66. The molecule has 1 saturated heterocycles. The van der Waals surface area contributed by atoms with Gasteiger partial charge in [-0.2, -0.15) is 4.39 Å². The van der Waals surface area contributed by atoms with E-state index in [1.54, 1.807) is 12.3 Å². The number of nitrogen functional groups attached to an aromatic ring is 1. The van der Waals surface area contributed by atoms with Gasteiger partial charge in [-0.05, 0) is 92.8 Å². The smallest absolute Gasteiger partial charge is 0.410 e.